The highest BCUT2D eigenvalue weighted by Gasteiger charge is 2.58. The third kappa shape index (κ3) is 5.41. The van der Waals surface area contributed by atoms with Crippen LogP contribution in [0.15, 0.2) is 36.4 Å². The molecule has 1 N–H and O–H groups in total. The van der Waals surface area contributed by atoms with E-state index < -0.39 is 38.9 Å². The first-order chi connectivity index (χ1) is 10.9. The molecular weight excluding hydrogens is 345 g/mol. The maximum atomic E-state index is 13.6. The second-order valence-electron chi connectivity index (χ2n) is 6.19. The summed E-state index contributed by atoms with van der Waals surface area (Å²) in [7, 11) is -2.15. The molecule has 0 spiro atoms. The van der Waals surface area contributed by atoms with Crippen LogP contribution in [-0.2, 0) is 11.0 Å². The van der Waals surface area contributed by atoms with Crippen molar-refractivity contribution in [3.63, 3.8) is 0 Å². The molecule has 0 aromatic heterocycles. The number of rotatable bonds is 6. The van der Waals surface area contributed by atoms with Crippen molar-refractivity contribution in [2.24, 2.45) is 0 Å². The summed E-state index contributed by atoms with van der Waals surface area (Å²) in [5, 5.41) is 10.8. The van der Waals surface area contributed by atoms with Gasteiger partial charge in [0.25, 0.3) is 0 Å². The van der Waals surface area contributed by atoms with Gasteiger partial charge in [-0.3, -0.25) is 10.1 Å². The molecule has 5 nitrogen and oxygen atoms in total. The molecule has 0 saturated carbocycles. The van der Waals surface area contributed by atoms with Gasteiger partial charge < -0.3 is 0 Å². The highest BCUT2D eigenvalue weighted by Crippen LogP contribution is 2.34. The molecule has 1 aromatic rings. The van der Waals surface area contributed by atoms with E-state index in [0.29, 0.717) is 11.6 Å². The summed E-state index contributed by atoms with van der Waals surface area (Å²) in [5.74, 6) is 0. The summed E-state index contributed by atoms with van der Waals surface area (Å²) in [6, 6.07) is 8.07. The number of nitro groups is 1. The Labute approximate surface area is 140 Å². The standard InChI is InChI=1S/C15H19F3N2O3S/c1-13(2,3)24(23)19-14(11-20(21)22,15(16,17)18)10-9-12-7-5-4-6-8-12/h4-10,19H,11H2,1-3H3/b10-9+/t14-,24+/m0/s1. The first-order valence-corrected chi connectivity index (χ1v) is 8.15. The van der Waals surface area contributed by atoms with E-state index in [9.17, 15) is 27.5 Å². The van der Waals surface area contributed by atoms with Crippen LogP contribution < -0.4 is 4.72 Å². The van der Waals surface area contributed by atoms with E-state index >= 15 is 0 Å². The average Bonchev–Trinajstić information content (AvgIpc) is 2.43. The van der Waals surface area contributed by atoms with E-state index in [0.717, 1.165) is 6.08 Å². The predicted octanol–water partition coefficient (Wildman–Crippen LogP) is 3.33. The summed E-state index contributed by atoms with van der Waals surface area (Å²) < 4.78 is 54.0. The number of hydrogen-bond acceptors (Lipinski definition) is 3. The first-order valence-electron chi connectivity index (χ1n) is 7.00. The van der Waals surface area contributed by atoms with Crippen molar-refractivity contribution in [2.45, 2.75) is 37.2 Å². The van der Waals surface area contributed by atoms with Gasteiger partial charge in [-0.25, -0.2) is 8.93 Å². The van der Waals surface area contributed by atoms with Crippen molar-refractivity contribution in [1.82, 2.24) is 4.72 Å². The lowest BCUT2D eigenvalue weighted by Crippen LogP contribution is -2.61. The molecule has 2 atom stereocenters. The van der Waals surface area contributed by atoms with Gasteiger partial charge in [-0.15, -0.1) is 0 Å². The molecule has 9 heteroatoms. The Morgan fingerprint density at radius 1 is 1.21 bits per heavy atom. The molecule has 0 aliphatic rings. The van der Waals surface area contributed by atoms with Crippen LogP contribution in [0.3, 0.4) is 0 Å². The Balaban J connectivity index is 3.33. The molecule has 1 aromatic carbocycles. The van der Waals surface area contributed by atoms with E-state index in [1.165, 1.54) is 20.8 Å². The fraction of sp³-hybridized carbons (Fsp3) is 0.467. The number of alkyl halides is 3. The van der Waals surface area contributed by atoms with Gasteiger partial charge in [-0.1, -0.05) is 36.4 Å². The summed E-state index contributed by atoms with van der Waals surface area (Å²) >= 11 is 0. The van der Waals surface area contributed by atoms with Crippen LogP contribution in [0, 0.1) is 10.1 Å². The SMILES string of the molecule is CC(C)(C)[S@@](=O)N[C@@](/C=C/c1ccccc1)(C[N+](=O)[O-])C(F)(F)F. The molecule has 0 aliphatic carbocycles. The molecule has 0 unspecified atom stereocenters. The maximum Gasteiger partial charge on any atom is 0.417 e. The topological polar surface area (TPSA) is 72.2 Å². The van der Waals surface area contributed by atoms with Crippen LogP contribution in [0.2, 0.25) is 0 Å². The normalized spacial score (nSPS) is 16.8. The molecule has 0 aliphatic heterocycles. The zero-order chi connectivity index (χ0) is 18.6. The molecule has 0 radical (unpaired) electrons. The lowest BCUT2D eigenvalue weighted by atomic mass is 9.98. The van der Waals surface area contributed by atoms with Gasteiger partial charge in [0, 0.05) is 4.92 Å². The molecule has 1 rings (SSSR count). The molecule has 0 bridgehead atoms. The Bertz CT molecular complexity index is 627. The van der Waals surface area contributed by atoms with Gasteiger partial charge in [0.15, 0.2) is 0 Å². The van der Waals surface area contributed by atoms with Crippen molar-refractivity contribution in [3.05, 3.63) is 52.1 Å². The smallest absolute Gasteiger partial charge is 0.264 e. The number of nitrogens with zero attached hydrogens (tertiary/aromatic N) is 1. The molecule has 0 fully saturated rings. The molecule has 0 amide bonds. The molecule has 24 heavy (non-hydrogen) atoms. The van der Waals surface area contributed by atoms with Gasteiger partial charge in [-0.05, 0) is 32.4 Å². The van der Waals surface area contributed by atoms with Crippen LogP contribution in [0.4, 0.5) is 13.2 Å². The van der Waals surface area contributed by atoms with Crippen molar-refractivity contribution >= 4 is 17.1 Å². The van der Waals surface area contributed by atoms with Crippen LogP contribution in [0.25, 0.3) is 6.08 Å². The highest BCUT2D eigenvalue weighted by atomic mass is 32.2. The van der Waals surface area contributed by atoms with Gasteiger partial charge in [0.1, 0.15) is 0 Å². The molecule has 0 heterocycles. The number of benzene rings is 1. The van der Waals surface area contributed by atoms with Crippen LogP contribution in [0.5, 0.6) is 0 Å². The average molecular weight is 364 g/mol. The first kappa shape index (κ1) is 20.3. The van der Waals surface area contributed by atoms with E-state index in [4.69, 9.17) is 0 Å². The highest BCUT2D eigenvalue weighted by molar-refractivity contribution is 7.84. The molecular formula is C15H19F3N2O3S. The van der Waals surface area contributed by atoms with Gasteiger partial charge >= 0.3 is 6.18 Å². The lowest BCUT2D eigenvalue weighted by Gasteiger charge is -2.32. The fourth-order valence-electron chi connectivity index (χ4n) is 1.69. The number of halogens is 3. The van der Waals surface area contributed by atoms with Crippen LogP contribution >= 0.6 is 0 Å². The Hall–Kier alpha value is -1.74. The van der Waals surface area contributed by atoms with Crippen molar-refractivity contribution in [2.75, 3.05) is 6.54 Å². The molecule has 0 saturated heterocycles. The van der Waals surface area contributed by atoms with Crippen molar-refractivity contribution in [3.8, 4) is 0 Å². The zero-order valence-corrected chi connectivity index (χ0v) is 14.3. The van der Waals surface area contributed by atoms with Crippen molar-refractivity contribution in [1.29, 1.82) is 0 Å². The Morgan fingerprint density at radius 3 is 2.17 bits per heavy atom. The minimum Gasteiger partial charge on any atom is -0.264 e. The third-order valence-corrected chi connectivity index (χ3v) is 4.74. The maximum absolute atomic E-state index is 13.6. The molecule has 134 valence electrons. The Kier molecular flexibility index (Phi) is 6.29. The minimum atomic E-state index is -5.01. The third-order valence-electron chi connectivity index (χ3n) is 3.08. The monoisotopic (exact) mass is 364 g/mol. The number of nitrogens with one attached hydrogen (secondary N) is 1. The van der Waals surface area contributed by atoms with E-state index in [-0.39, 0.29) is 0 Å². The van der Waals surface area contributed by atoms with E-state index in [1.807, 2.05) is 4.72 Å². The second-order valence-corrected chi connectivity index (χ2v) is 8.15. The lowest BCUT2D eigenvalue weighted by molar-refractivity contribution is -0.497. The van der Waals surface area contributed by atoms with Crippen LogP contribution in [0.1, 0.15) is 26.3 Å². The van der Waals surface area contributed by atoms with Gasteiger partial charge in [-0.2, -0.15) is 13.2 Å². The van der Waals surface area contributed by atoms with Gasteiger partial charge in [0.2, 0.25) is 12.1 Å². The van der Waals surface area contributed by atoms with E-state index in [1.54, 1.807) is 30.3 Å². The Morgan fingerprint density at radius 2 is 1.75 bits per heavy atom. The summed E-state index contributed by atoms with van der Waals surface area (Å²) in [6.07, 6.45) is -3.22. The summed E-state index contributed by atoms with van der Waals surface area (Å²) in [4.78, 5) is 9.76. The summed E-state index contributed by atoms with van der Waals surface area (Å²) in [5.41, 5.74) is -2.59. The second kappa shape index (κ2) is 7.43. The van der Waals surface area contributed by atoms with Crippen molar-refractivity contribution < 1.29 is 22.3 Å². The van der Waals surface area contributed by atoms with Crippen LogP contribution in [-0.4, -0.2) is 32.1 Å². The summed E-state index contributed by atoms with van der Waals surface area (Å²) in [6.45, 7) is 2.96. The predicted molar refractivity (Wildman–Crippen MR) is 87.2 cm³/mol. The number of hydrogen-bond donors (Lipinski definition) is 1. The largest absolute Gasteiger partial charge is 0.417 e. The fourth-order valence-corrected chi connectivity index (χ4v) is 2.57. The quantitative estimate of drug-likeness (QED) is 0.622. The minimum absolute atomic E-state index is 0.442. The zero-order valence-electron chi connectivity index (χ0n) is 13.5. The van der Waals surface area contributed by atoms with Gasteiger partial charge in [0.05, 0.1) is 15.7 Å². The van der Waals surface area contributed by atoms with E-state index in [2.05, 4.69) is 0 Å².